The van der Waals surface area contributed by atoms with Gasteiger partial charge in [0.15, 0.2) is 0 Å². The van der Waals surface area contributed by atoms with Gasteiger partial charge in [-0.3, -0.25) is 4.79 Å². The van der Waals surface area contributed by atoms with Crippen LogP contribution in [0.2, 0.25) is 0 Å². The standard InChI is InChI=1S/C8H16O3/c1-3-5-6(8(10)11)7(9)4-2/h6-7,9H,3-5H2,1-2H3,(H,10,11)/t6-,7+/m1/s1. The molecule has 2 N–H and O–H groups in total. The molecule has 0 aromatic rings. The van der Waals surface area contributed by atoms with E-state index in [4.69, 9.17) is 5.11 Å². The van der Waals surface area contributed by atoms with Gasteiger partial charge in [0, 0.05) is 0 Å². The van der Waals surface area contributed by atoms with Crippen molar-refractivity contribution in [3.63, 3.8) is 0 Å². The summed E-state index contributed by atoms with van der Waals surface area (Å²) in [6.45, 7) is 3.70. The summed E-state index contributed by atoms with van der Waals surface area (Å²) in [6, 6.07) is 0. The SMILES string of the molecule is CCC[C@@H](C(=O)O)[C@@H](O)CC. The predicted molar refractivity (Wildman–Crippen MR) is 42.3 cm³/mol. The van der Waals surface area contributed by atoms with E-state index in [1.54, 1.807) is 6.92 Å². The molecule has 2 atom stereocenters. The topological polar surface area (TPSA) is 57.5 Å². The summed E-state index contributed by atoms with van der Waals surface area (Å²) >= 11 is 0. The van der Waals surface area contributed by atoms with Crippen molar-refractivity contribution in [3.8, 4) is 0 Å². The van der Waals surface area contributed by atoms with Gasteiger partial charge >= 0.3 is 5.97 Å². The van der Waals surface area contributed by atoms with E-state index in [1.165, 1.54) is 0 Å². The van der Waals surface area contributed by atoms with Crippen molar-refractivity contribution in [2.75, 3.05) is 0 Å². The van der Waals surface area contributed by atoms with Crippen LogP contribution in [0.3, 0.4) is 0 Å². The van der Waals surface area contributed by atoms with E-state index in [2.05, 4.69) is 0 Å². The zero-order valence-electron chi connectivity index (χ0n) is 7.08. The highest BCUT2D eigenvalue weighted by Crippen LogP contribution is 2.13. The molecule has 0 rings (SSSR count). The minimum absolute atomic E-state index is 0.511. The molecule has 0 aliphatic carbocycles. The van der Waals surface area contributed by atoms with Crippen molar-refractivity contribution in [2.45, 2.75) is 39.2 Å². The molecular weight excluding hydrogens is 144 g/mol. The molecule has 0 bridgehead atoms. The molecule has 66 valence electrons. The summed E-state index contributed by atoms with van der Waals surface area (Å²) in [6.07, 6.45) is 1.18. The lowest BCUT2D eigenvalue weighted by molar-refractivity contribution is -0.146. The van der Waals surface area contributed by atoms with Crippen molar-refractivity contribution in [1.29, 1.82) is 0 Å². The van der Waals surface area contributed by atoms with Gasteiger partial charge in [0.1, 0.15) is 0 Å². The molecule has 0 saturated carbocycles. The predicted octanol–water partition coefficient (Wildman–Crippen LogP) is 1.26. The second kappa shape index (κ2) is 5.13. The Labute approximate surface area is 67.0 Å². The van der Waals surface area contributed by atoms with Crippen LogP contribution in [0.1, 0.15) is 33.1 Å². The maximum Gasteiger partial charge on any atom is 0.309 e. The third-order valence-electron chi connectivity index (χ3n) is 1.80. The van der Waals surface area contributed by atoms with Crippen molar-refractivity contribution in [1.82, 2.24) is 0 Å². The number of hydrogen-bond acceptors (Lipinski definition) is 2. The third kappa shape index (κ3) is 3.37. The van der Waals surface area contributed by atoms with E-state index >= 15 is 0 Å². The van der Waals surface area contributed by atoms with Crippen LogP contribution in [0.15, 0.2) is 0 Å². The first-order chi connectivity index (χ1) is 5.13. The highest BCUT2D eigenvalue weighted by molar-refractivity contribution is 5.70. The fourth-order valence-electron chi connectivity index (χ4n) is 1.08. The summed E-state index contributed by atoms with van der Waals surface area (Å²) in [5, 5.41) is 17.9. The van der Waals surface area contributed by atoms with Gasteiger partial charge in [-0.1, -0.05) is 20.3 Å². The van der Waals surface area contributed by atoms with E-state index in [0.29, 0.717) is 12.8 Å². The van der Waals surface area contributed by atoms with E-state index in [9.17, 15) is 9.90 Å². The molecule has 0 fully saturated rings. The van der Waals surface area contributed by atoms with Crippen LogP contribution in [-0.2, 0) is 4.79 Å². The third-order valence-corrected chi connectivity index (χ3v) is 1.80. The molecule has 0 spiro atoms. The Morgan fingerprint density at radius 2 is 2.00 bits per heavy atom. The first kappa shape index (κ1) is 10.4. The molecule has 3 nitrogen and oxygen atoms in total. The molecule has 0 aliphatic heterocycles. The Balaban J connectivity index is 3.97. The Morgan fingerprint density at radius 3 is 2.27 bits per heavy atom. The van der Waals surface area contributed by atoms with Crippen LogP contribution in [0, 0.1) is 5.92 Å². The van der Waals surface area contributed by atoms with Gasteiger partial charge in [0.05, 0.1) is 12.0 Å². The summed E-state index contributed by atoms with van der Waals surface area (Å²) in [4.78, 5) is 10.5. The Bertz CT molecular complexity index is 123. The summed E-state index contributed by atoms with van der Waals surface area (Å²) in [5.74, 6) is -1.47. The molecule has 0 unspecified atom stereocenters. The zero-order chi connectivity index (χ0) is 8.85. The average molecular weight is 160 g/mol. The van der Waals surface area contributed by atoms with Gasteiger partial charge in [-0.2, -0.15) is 0 Å². The molecule has 0 aromatic carbocycles. The highest BCUT2D eigenvalue weighted by atomic mass is 16.4. The molecular formula is C8H16O3. The average Bonchev–Trinajstić information content (AvgIpc) is 1.98. The first-order valence-corrected chi connectivity index (χ1v) is 4.04. The summed E-state index contributed by atoms with van der Waals surface area (Å²) < 4.78 is 0. The van der Waals surface area contributed by atoms with E-state index in [1.807, 2.05) is 6.92 Å². The van der Waals surface area contributed by atoms with Crippen LogP contribution in [0.25, 0.3) is 0 Å². The molecule has 11 heavy (non-hydrogen) atoms. The number of carboxylic acid groups (broad SMARTS) is 1. The van der Waals surface area contributed by atoms with E-state index in [-0.39, 0.29) is 0 Å². The lowest BCUT2D eigenvalue weighted by atomic mass is 9.96. The van der Waals surface area contributed by atoms with Crippen molar-refractivity contribution in [3.05, 3.63) is 0 Å². The second-order valence-electron chi connectivity index (χ2n) is 2.71. The molecule has 0 aromatic heterocycles. The molecule has 0 radical (unpaired) electrons. The minimum atomic E-state index is -0.888. The number of carboxylic acids is 1. The van der Waals surface area contributed by atoms with E-state index < -0.39 is 18.0 Å². The van der Waals surface area contributed by atoms with Crippen LogP contribution in [-0.4, -0.2) is 22.3 Å². The second-order valence-corrected chi connectivity index (χ2v) is 2.71. The number of aliphatic hydroxyl groups is 1. The Morgan fingerprint density at radius 1 is 1.45 bits per heavy atom. The number of hydrogen-bond donors (Lipinski definition) is 2. The number of rotatable bonds is 5. The van der Waals surface area contributed by atoms with Gasteiger partial charge in [-0.25, -0.2) is 0 Å². The Hall–Kier alpha value is -0.570. The van der Waals surface area contributed by atoms with Gasteiger partial charge in [-0.05, 0) is 12.8 Å². The molecule has 0 aliphatic rings. The number of carbonyl (C=O) groups is 1. The van der Waals surface area contributed by atoms with Gasteiger partial charge in [0.25, 0.3) is 0 Å². The first-order valence-electron chi connectivity index (χ1n) is 4.04. The maximum atomic E-state index is 10.5. The summed E-state index contributed by atoms with van der Waals surface area (Å²) in [5.41, 5.74) is 0. The lowest BCUT2D eigenvalue weighted by Crippen LogP contribution is -2.27. The fraction of sp³-hybridized carbons (Fsp3) is 0.875. The van der Waals surface area contributed by atoms with Crippen LogP contribution < -0.4 is 0 Å². The van der Waals surface area contributed by atoms with Crippen molar-refractivity contribution in [2.24, 2.45) is 5.92 Å². The quantitative estimate of drug-likeness (QED) is 0.636. The van der Waals surface area contributed by atoms with Crippen molar-refractivity contribution >= 4 is 5.97 Å². The van der Waals surface area contributed by atoms with Gasteiger partial charge in [-0.15, -0.1) is 0 Å². The van der Waals surface area contributed by atoms with E-state index in [0.717, 1.165) is 6.42 Å². The van der Waals surface area contributed by atoms with Crippen LogP contribution >= 0.6 is 0 Å². The smallest absolute Gasteiger partial charge is 0.309 e. The maximum absolute atomic E-state index is 10.5. The van der Waals surface area contributed by atoms with Crippen LogP contribution in [0.4, 0.5) is 0 Å². The lowest BCUT2D eigenvalue weighted by Gasteiger charge is -2.16. The molecule has 0 amide bonds. The largest absolute Gasteiger partial charge is 0.481 e. The fourth-order valence-corrected chi connectivity index (χ4v) is 1.08. The zero-order valence-corrected chi connectivity index (χ0v) is 7.08. The number of aliphatic hydroxyl groups excluding tert-OH is 1. The van der Waals surface area contributed by atoms with Gasteiger partial charge < -0.3 is 10.2 Å². The van der Waals surface area contributed by atoms with Crippen molar-refractivity contribution < 1.29 is 15.0 Å². The normalized spacial score (nSPS) is 15.9. The number of aliphatic carboxylic acids is 1. The molecule has 0 saturated heterocycles. The summed E-state index contributed by atoms with van der Waals surface area (Å²) in [7, 11) is 0. The van der Waals surface area contributed by atoms with Crippen LogP contribution in [0.5, 0.6) is 0 Å². The van der Waals surface area contributed by atoms with Gasteiger partial charge in [0.2, 0.25) is 0 Å². The Kier molecular flexibility index (Phi) is 4.86. The highest BCUT2D eigenvalue weighted by Gasteiger charge is 2.23. The minimum Gasteiger partial charge on any atom is -0.481 e. The molecule has 0 heterocycles. The monoisotopic (exact) mass is 160 g/mol. The molecule has 3 heteroatoms.